The first-order chi connectivity index (χ1) is 9.10. The largest absolute Gasteiger partial charge is 0.382 e. The van der Waals surface area contributed by atoms with Gasteiger partial charge >= 0.3 is 0 Å². The molecule has 2 aromatic rings. The van der Waals surface area contributed by atoms with Crippen molar-refractivity contribution >= 4 is 29.0 Å². The van der Waals surface area contributed by atoms with Crippen molar-refractivity contribution in [2.75, 3.05) is 11.1 Å². The van der Waals surface area contributed by atoms with Crippen molar-refractivity contribution in [2.24, 2.45) is 0 Å². The van der Waals surface area contributed by atoms with Crippen molar-refractivity contribution < 1.29 is 4.79 Å². The van der Waals surface area contributed by atoms with Crippen LogP contribution in [-0.2, 0) is 0 Å². The third-order valence-corrected chi connectivity index (χ3v) is 2.55. The Balaban J connectivity index is 2.20. The highest BCUT2D eigenvalue weighted by atomic mass is 35.5. The number of carbonyl (C=O) groups is 1. The number of benzene rings is 1. The molecule has 1 aromatic heterocycles. The van der Waals surface area contributed by atoms with Gasteiger partial charge in [-0.3, -0.25) is 9.78 Å². The fourth-order valence-corrected chi connectivity index (χ4v) is 1.59. The van der Waals surface area contributed by atoms with Gasteiger partial charge in [-0.15, -0.1) is 0 Å². The molecule has 19 heavy (non-hydrogen) atoms. The third-order valence-electron chi connectivity index (χ3n) is 2.23. The molecule has 0 radical (unpaired) electrons. The molecule has 0 unspecified atom stereocenters. The second-order valence-electron chi connectivity index (χ2n) is 3.59. The van der Waals surface area contributed by atoms with E-state index in [1.807, 2.05) is 6.07 Å². The van der Waals surface area contributed by atoms with Gasteiger partial charge in [0, 0.05) is 5.69 Å². The summed E-state index contributed by atoms with van der Waals surface area (Å²) in [6, 6.07) is 6.50. The van der Waals surface area contributed by atoms with Crippen LogP contribution in [0.15, 0.2) is 30.6 Å². The maximum atomic E-state index is 11.9. The normalized spacial score (nSPS) is 9.68. The smallest absolute Gasteiger partial charge is 0.275 e. The van der Waals surface area contributed by atoms with E-state index < -0.39 is 5.91 Å². The SMILES string of the molecule is N#Cc1ccc(NC(=O)c2cncc(N)n2)cc1Cl. The summed E-state index contributed by atoms with van der Waals surface area (Å²) in [5.74, 6) is -0.300. The van der Waals surface area contributed by atoms with Crippen molar-refractivity contribution in [3.05, 3.63) is 46.9 Å². The minimum Gasteiger partial charge on any atom is -0.382 e. The molecule has 3 N–H and O–H groups in total. The average Bonchev–Trinajstić information content (AvgIpc) is 2.39. The molecule has 0 saturated heterocycles. The molecule has 0 saturated carbocycles. The van der Waals surface area contributed by atoms with Crippen molar-refractivity contribution in [2.45, 2.75) is 0 Å². The summed E-state index contributed by atoms with van der Waals surface area (Å²) in [5.41, 5.74) is 6.33. The zero-order valence-corrected chi connectivity index (χ0v) is 10.3. The summed E-state index contributed by atoms with van der Waals surface area (Å²) in [6.07, 6.45) is 2.65. The fraction of sp³-hybridized carbons (Fsp3) is 0. The number of nitrogens with one attached hydrogen (secondary N) is 1. The lowest BCUT2D eigenvalue weighted by Crippen LogP contribution is -2.14. The number of hydrogen-bond acceptors (Lipinski definition) is 5. The number of nitrogens with zero attached hydrogens (tertiary/aromatic N) is 3. The molecule has 7 heteroatoms. The summed E-state index contributed by atoms with van der Waals surface area (Å²) >= 11 is 5.86. The van der Waals surface area contributed by atoms with Crippen LogP contribution in [0.4, 0.5) is 11.5 Å². The molecule has 94 valence electrons. The van der Waals surface area contributed by atoms with Gasteiger partial charge in [-0.05, 0) is 18.2 Å². The number of aromatic nitrogens is 2. The summed E-state index contributed by atoms with van der Waals surface area (Å²) in [4.78, 5) is 19.5. The van der Waals surface area contributed by atoms with Gasteiger partial charge in [0.25, 0.3) is 5.91 Å². The molecule has 0 fully saturated rings. The van der Waals surface area contributed by atoms with Crippen molar-refractivity contribution in [3.63, 3.8) is 0 Å². The molecule has 0 aliphatic heterocycles. The van der Waals surface area contributed by atoms with Gasteiger partial charge in [0.05, 0.1) is 23.0 Å². The summed E-state index contributed by atoms with van der Waals surface area (Å²) in [7, 11) is 0. The maximum Gasteiger partial charge on any atom is 0.275 e. The first-order valence-corrected chi connectivity index (χ1v) is 5.56. The molecule has 0 aliphatic rings. The highest BCUT2D eigenvalue weighted by Crippen LogP contribution is 2.20. The van der Waals surface area contributed by atoms with E-state index in [0.29, 0.717) is 11.3 Å². The van der Waals surface area contributed by atoms with Crippen LogP contribution in [0.5, 0.6) is 0 Å². The predicted molar refractivity (Wildman–Crippen MR) is 70.6 cm³/mol. The maximum absolute atomic E-state index is 11.9. The van der Waals surface area contributed by atoms with Crippen LogP contribution in [0.3, 0.4) is 0 Å². The third kappa shape index (κ3) is 2.97. The van der Waals surface area contributed by atoms with Gasteiger partial charge in [-0.1, -0.05) is 11.6 Å². The number of hydrogen-bond donors (Lipinski definition) is 2. The van der Waals surface area contributed by atoms with E-state index in [2.05, 4.69) is 15.3 Å². The van der Waals surface area contributed by atoms with Gasteiger partial charge in [0.1, 0.15) is 17.6 Å². The van der Waals surface area contributed by atoms with Gasteiger partial charge in [-0.25, -0.2) is 4.98 Å². The van der Waals surface area contributed by atoms with E-state index in [-0.39, 0.29) is 16.5 Å². The second kappa shape index (κ2) is 5.33. The molecule has 1 heterocycles. The van der Waals surface area contributed by atoms with Crippen molar-refractivity contribution in [1.29, 1.82) is 5.26 Å². The number of halogens is 1. The minimum atomic E-state index is -0.458. The Hall–Kier alpha value is -2.65. The lowest BCUT2D eigenvalue weighted by Gasteiger charge is -2.05. The lowest BCUT2D eigenvalue weighted by atomic mass is 10.2. The summed E-state index contributed by atoms with van der Waals surface area (Å²) in [6.45, 7) is 0. The first kappa shape index (κ1) is 12.8. The molecule has 1 aromatic carbocycles. The fourth-order valence-electron chi connectivity index (χ4n) is 1.37. The van der Waals surface area contributed by atoms with Crippen LogP contribution in [0.2, 0.25) is 5.02 Å². The van der Waals surface area contributed by atoms with Crippen molar-refractivity contribution in [1.82, 2.24) is 9.97 Å². The molecule has 2 rings (SSSR count). The van der Waals surface area contributed by atoms with Gasteiger partial charge in [0.2, 0.25) is 0 Å². The molecule has 0 bridgehead atoms. The Morgan fingerprint density at radius 2 is 2.21 bits per heavy atom. The number of carbonyl (C=O) groups excluding carboxylic acids is 1. The van der Waals surface area contributed by atoms with E-state index in [1.165, 1.54) is 24.5 Å². The summed E-state index contributed by atoms with van der Waals surface area (Å²) < 4.78 is 0. The number of anilines is 2. The second-order valence-corrected chi connectivity index (χ2v) is 4.00. The van der Waals surface area contributed by atoms with Crippen LogP contribution in [0.25, 0.3) is 0 Å². The molecule has 0 aliphatic carbocycles. The number of nitrogens with two attached hydrogens (primary N) is 1. The summed E-state index contributed by atoms with van der Waals surface area (Å²) in [5, 5.41) is 11.6. The van der Waals surface area contributed by atoms with Crippen LogP contribution in [-0.4, -0.2) is 15.9 Å². The Morgan fingerprint density at radius 3 is 2.84 bits per heavy atom. The molecule has 0 spiro atoms. The van der Waals surface area contributed by atoms with E-state index >= 15 is 0 Å². The minimum absolute atomic E-state index is 0.0977. The number of amides is 1. The van der Waals surface area contributed by atoms with E-state index in [0.717, 1.165) is 0 Å². The first-order valence-electron chi connectivity index (χ1n) is 5.18. The Bertz CT molecular complexity index is 680. The zero-order chi connectivity index (χ0) is 13.8. The molecule has 1 amide bonds. The van der Waals surface area contributed by atoms with Gasteiger partial charge in [0.15, 0.2) is 0 Å². The number of nitriles is 1. The highest BCUT2D eigenvalue weighted by molar-refractivity contribution is 6.32. The average molecular weight is 274 g/mol. The van der Waals surface area contributed by atoms with E-state index in [4.69, 9.17) is 22.6 Å². The molecular weight excluding hydrogens is 266 g/mol. The van der Waals surface area contributed by atoms with E-state index in [9.17, 15) is 4.79 Å². The predicted octanol–water partition coefficient (Wildman–Crippen LogP) is 1.84. The Labute approximate surface area is 113 Å². The van der Waals surface area contributed by atoms with Crippen LogP contribution >= 0.6 is 11.6 Å². The Morgan fingerprint density at radius 1 is 1.42 bits per heavy atom. The monoisotopic (exact) mass is 273 g/mol. The number of rotatable bonds is 2. The quantitative estimate of drug-likeness (QED) is 0.868. The molecular formula is C12H8ClN5O. The van der Waals surface area contributed by atoms with Crippen LogP contribution in [0.1, 0.15) is 16.1 Å². The van der Waals surface area contributed by atoms with Gasteiger partial charge < -0.3 is 11.1 Å². The van der Waals surface area contributed by atoms with Crippen LogP contribution in [0, 0.1) is 11.3 Å². The standard InChI is InChI=1S/C12H8ClN5O/c13-9-3-8(2-1-7(9)4-14)17-12(19)10-5-16-6-11(15)18-10/h1-3,5-6H,(H2,15,18)(H,17,19). The van der Waals surface area contributed by atoms with E-state index in [1.54, 1.807) is 6.07 Å². The van der Waals surface area contributed by atoms with Crippen LogP contribution < -0.4 is 11.1 Å². The van der Waals surface area contributed by atoms with Gasteiger partial charge in [-0.2, -0.15) is 5.26 Å². The zero-order valence-electron chi connectivity index (χ0n) is 9.59. The van der Waals surface area contributed by atoms with Crippen molar-refractivity contribution in [3.8, 4) is 6.07 Å². The lowest BCUT2D eigenvalue weighted by molar-refractivity contribution is 0.102. The molecule has 6 nitrogen and oxygen atoms in total. The molecule has 0 atom stereocenters. The highest BCUT2D eigenvalue weighted by Gasteiger charge is 2.09. The topological polar surface area (TPSA) is 105 Å². The number of nitrogen functional groups attached to an aromatic ring is 1. The Kier molecular flexibility index (Phi) is 3.59.